The van der Waals surface area contributed by atoms with E-state index in [1.165, 1.54) is 16.1 Å². The van der Waals surface area contributed by atoms with Gasteiger partial charge < -0.3 is 4.57 Å². The molecule has 0 unspecified atom stereocenters. The normalized spacial score (nSPS) is 12.2. The second kappa shape index (κ2) is 4.01. The van der Waals surface area contributed by atoms with E-state index in [4.69, 9.17) is 0 Å². The highest BCUT2D eigenvalue weighted by Crippen LogP contribution is 2.08. The number of hydrogen-bond acceptors (Lipinski definition) is 0. The van der Waals surface area contributed by atoms with Crippen molar-refractivity contribution in [2.45, 2.75) is 20.4 Å². The first-order valence-corrected chi connectivity index (χ1v) is 5.58. The molecule has 0 radical (unpaired) electrons. The van der Waals surface area contributed by atoms with Gasteiger partial charge in [0, 0.05) is 28.0 Å². The Kier molecular flexibility index (Phi) is 2.69. The molecule has 2 rings (SSSR count). The lowest BCUT2D eigenvalue weighted by Crippen LogP contribution is -2.27. The second-order valence-corrected chi connectivity index (χ2v) is 4.11. The Hall–Kier alpha value is -1.76. The number of fused-ring (bicyclic) bond motifs is 1. The number of para-hydroxylation sites is 1. The molecule has 1 aromatic carbocycles. The average Bonchev–Trinajstić information content (AvgIpc) is 2.52. The lowest BCUT2D eigenvalue weighted by atomic mass is 10.2. The lowest BCUT2D eigenvalue weighted by molar-refractivity contribution is 0.772. The van der Waals surface area contributed by atoms with E-state index in [0.29, 0.717) is 0 Å². The summed E-state index contributed by atoms with van der Waals surface area (Å²) in [6, 6.07) is 8.42. The molecule has 0 amide bonds. The maximum absolute atomic E-state index is 4.17. The number of aromatic nitrogens is 1. The van der Waals surface area contributed by atoms with Gasteiger partial charge in [0.05, 0.1) is 0 Å². The van der Waals surface area contributed by atoms with Gasteiger partial charge in [0.15, 0.2) is 0 Å². The van der Waals surface area contributed by atoms with Crippen molar-refractivity contribution in [3.63, 3.8) is 0 Å². The Balaban J connectivity index is 3.00. The van der Waals surface area contributed by atoms with Crippen LogP contribution in [-0.2, 0) is 6.54 Å². The number of allylic oxidation sites excluding steroid dienone is 1. The first-order chi connectivity index (χ1) is 7.65. The molecule has 1 aromatic heterocycles. The van der Waals surface area contributed by atoms with Crippen LogP contribution >= 0.6 is 0 Å². The zero-order chi connectivity index (χ0) is 11.7. The number of aryl methyl sites for hydroxylation is 1. The van der Waals surface area contributed by atoms with Crippen molar-refractivity contribution >= 4 is 23.6 Å². The Bertz CT molecular complexity index is 644. The molecule has 0 saturated carbocycles. The van der Waals surface area contributed by atoms with Crippen LogP contribution in [0.15, 0.2) is 36.4 Å². The minimum absolute atomic E-state index is 0.948. The molecule has 0 bridgehead atoms. The standard InChI is InChI=1S/C15H17N/c1-5-16-12(4)14(10-11(2)3)13-8-6-7-9-15(13)16/h6-10H,2,4-5H2,1,3H3/b14-10+. The Labute approximate surface area is 96.0 Å². The van der Waals surface area contributed by atoms with Gasteiger partial charge in [-0.3, -0.25) is 0 Å². The summed E-state index contributed by atoms with van der Waals surface area (Å²) in [5.74, 6) is 0. The van der Waals surface area contributed by atoms with Crippen molar-refractivity contribution < 1.29 is 0 Å². The molecule has 0 aliphatic heterocycles. The van der Waals surface area contributed by atoms with Gasteiger partial charge in [0.2, 0.25) is 0 Å². The summed E-state index contributed by atoms with van der Waals surface area (Å²) in [5.41, 5.74) is 2.31. The second-order valence-electron chi connectivity index (χ2n) is 4.11. The first-order valence-electron chi connectivity index (χ1n) is 5.58. The molecule has 82 valence electrons. The largest absolute Gasteiger partial charge is 0.341 e. The maximum Gasteiger partial charge on any atom is 0.0491 e. The summed E-state index contributed by atoms with van der Waals surface area (Å²) >= 11 is 0. The van der Waals surface area contributed by atoms with E-state index in [1.807, 2.05) is 6.92 Å². The molecule has 0 spiro atoms. The quantitative estimate of drug-likeness (QED) is 0.719. The van der Waals surface area contributed by atoms with Crippen LogP contribution in [0.1, 0.15) is 13.8 Å². The van der Waals surface area contributed by atoms with Crippen LogP contribution in [0.4, 0.5) is 0 Å². The zero-order valence-electron chi connectivity index (χ0n) is 9.96. The van der Waals surface area contributed by atoms with Crippen LogP contribution in [0.2, 0.25) is 0 Å². The van der Waals surface area contributed by atoms with Gasteiger partial charge in [-0.05, 0) is 26.0 Å². The molecule has 0 fully saturated rings. The van der Waals surface area contributed by atoms with Gasteiger partial charge in [-0.25, -0.2) is 0 Å². The van der Waals surface area contributed by atoms with Crippen molar-refractivity contribution in [1.29, 1.82) is 0 Å². The highest BCUT2D eigenvalue weighted by molar-refractivity contribution is 5.82. The van der Waals surface area contributed by atoms with E-state index >= 15 is 0 Å². The predicted octanol–water partition coefficient (Wildman–Crippen LogP) is 2.43. The smallest absolute Gasteiger partial charge is 0.0491 e. The van der Waals surface area contributed by atoms with E-state index in [1.54, 1.807) is 0 Å². The van der Waals surface area contributed by atoms with Crippen LogP contribution in [0.25, 0.3) is 23.6 Å². The molecule has 2 aromatic rings. The third kappa shape index (κ3) is 1.58. The Morgan fingerprint density at radius 1 is 1.38 bits per heavy atom. The molecule has 0 aliphatic carbocycles. The van der Waals surface area contributed by atoms with E-state index in [9.17, 15) is 0 Å². The molecule has 0 aliphatic rings. The zero-order valence-corrected chi connectivity index (χ0v) is 9.96. The lowest BCUT2D eigenvalue weighted by Gasteiger charge is -1.99. The first kappa shape index (κ1) is 10.7. The predicted molar refractivity (Wildman–Crippen MR) is 71.7 cm³/mol. The molecule has 1 heterocycles. The van der Waals surface area contributed by atoms with Gasteiger partial charge in [-0.2, -0.15) is 0 Å². The van der Waals surface area contributed by atoms with Crippen molar-refractivity contribution in [1.82, 2.24) is 4.57 Å². The number of rotatable bonds is 2. The maximum atomic E-state index is 4.17. The van der Waals surface area contributed by atoms with Crippen molar-refractivity contribution in [2.75, 3.05) is 0 Å². The SMILES string of the molecule is C=C(C)/C=c1\c(=C)n(CC)c2ccccc12. The van der Waals surface area contributed by atoms with Crippen LogP contribution < -0.4 is 10.6 Å². The summed E-state index contributed by atoms with van der Waals surface area (Å²) < 4.78 is 2.24. The summed E-state index contributed by atoms with van der Waals surface area (Å²) in [4.78, 5) is 0. The number of hydrogen-bond donors (Lipinski definition) is 0. The average molecular weight is 211 g/mol. The minimum atomic E-state index is 0.948. The fourth-order valence-corrected chi connectivity index (χ4v) is 2.15. The topological polar surface area (TPSA) is 4.93 Å². The molecule has 0 saturated heterocycles. The fraction of sp³-hybridized carbons (Fsp3) is 0.200. The monoisotopic (exact) mass is 211 g/mol. The van der Waals surface area contributed by atoms with Crippen LogP contribution in [0.5, 0.6) is 0 Å². The third-order valence-corrected chi connectivity index (χ3v) is 2.83. The Morgan fingerprint density at radius 3 is 2.69 bits per heavy atom. The van der Waals surface area contributed by atoms with E-state index in [-0.39, 0.29) is 0 Å². The summed E-state index contributed by atoms with van der Waals surface area (Å²) in [7, 11) is 0. The molecule has 0 N–H and O–H groups in total. The number of benzene rings is 1. The van der Waals surface area contributed by atoms with Crippen LogP contribution in [0, 0.1) is 0 Å². The highest BCUT2D eigenvalue weighted by atomic mass is 15.0. The van der Waals surface area contributed by atoms with Crippen LogP contribution in [-0.4, -0.2) is 4.57 Å². The van der Waals surface area contributed by atoms with Gasteiger partial charge in [0.25, 0.3) is 0 Å². The number of nitrogens with zero attached hydrogens (tertiary/aromatic N) is 1. The Morgan fingerprint density at radius 2 is 2.06 bits per heavy atom. The van der Waals surface area contributed by atoms with E-state index in [0.717, 1.165) is 17.5 Å². The van der Waals surface area contributed by atoms with E-state index in [2.05, 4.69) is 55.0 Å². The molecule has 16 heavy (non-hydrogen) atoms. The molecular weight excluding hydrogens is 194 g/mol. The van der Waals surface area contributed by atoms with Gasteiger partial charge in [0.1, 0.15) is 0 Å². The minimum Gasteiger partial charge on any atom is -0.341 e. The van der Waals surface area contributed by atoms with Gasteiger partial charge in [-0.1, -0.05) is 36.9 Å². The van der Waals surface area contributed by atoms with Crippen molar-refractivity contribution in [3.8, 4) is 0 Å². The molecule has 0 atom stereocenters. The van der Waals surface area contributed by atoms with E-state index < -0.39 is 0 Å². The van der Waals surface area contributed by atoms with Gasteiger partial charge >= 0.3 is 0 Å². The molecular formula is C15H17N. The summed E-state index contributed by atoms with van der Waals surface area (Å²) in [6.07, 6.45) is 2.11. The van der Waals surface area contributed by atoms with Crippen LogP contribution in [0.3, 0.4) is 0 Å². The summed E-state index contributed by atoms with van der Waals surface area (Å²) in [6.45, 7) is 13.2. The summed E-state index contributed by atoms with van der Waals surface area (Å²) in [5, 5.41) is 3.54. The fourth-order valence-electron chi connectivity index (χ4n) is 2.15. The third-order valence-electron chi connectivity index (χ3n) is 2.83. The molecule has 1 nitrogen and oxygen atoms in total. The molecule has 1 heteroatoms. The van der Waals surface area contributed by atoms with Crippen molar-refractivity contribution in [3.05, 3.63) is 47.0 Å². The van der Waals surface area contributed by atoms with Gasteiger partial charge in [-0.15, -0.1) is 0 Å². The van der Waals surface area contributed by atoms with Crippen molar-refractivity contribution in [2.24, 2.45) is 0 Å². The highest BCUT2D eigenvalue weighted by Gasteiger charge is 2.03.